The second kappa shape index (κ2) is 7.72. The maximum atomic E-state index is 10.5. The number of hydrogen-bond acceptors (Lipinski definition) is 5. The van der Waals surface area contributed by atoms with Crippen molar-refractivity contribution >= 4 is 33.9 Å². The van der Waals surface area contributed by atoms with Crippen LogP contribution in [0.15, 0.2) is 48.7 Å². The third-order valence-electron chi connectivity index (χ3n) is 5.10. The van der Waals surface area contributed by atoms with Gasteiger partial charge >= 0.3 is 0 Å². The quantitative estimate of drug-likeness (QED) is 0.712. The minimum atomic E-state index is 0.320. The smallest absolute Gasteiger partial charge is 0.122 e. The van der Waals surface area contributed by atoms with Crippen molar-refractivity contribution in [2.75, 3.05) is 38.5 Å². The average Bonchev–Trinajstić information content (AvgIpc) is 2.66. The van der Waals surface area contributed by atoms with Gasteiger partial charge in [0, 0.05) is 66.3 Å². The van der Waals surface area contributed by atoms with E-state index in [1.54, 1.807) is 12.3 Å². The lowest BCUT2D eigenvalue weighted by Crippen LogP contribution is -2.43. The molecule has 1 aliphatic rings. The van der Waals surface area contributed by atoms with Gasteiger partial charge in [0.25, 0.3) is 0 Å². The van der Waals surface area contributed by atoms with Gasteiger partial charge in [-0.2, -0.15) is 0 Å². The fourth-order valence-corrected chi connectivity index (χ4v) is 3.63. The number of fused-ring (bicyclic) bond motifs is 1. The van der Waals surface area contributed by atoms with Crippen LogP contribution in [0.3, 0.4) is 0 Å². The lowest BCUT2D eigenvalue weighted by Gasteiger charge is -2.33. The van der Waals surface area contributed by atoms with Crippen molar-refractivity contribution in [1.29, 1.82) is 0 Å². The number of nitrogens with zero attached hydrogens (tertiary/aromatic N) is 3. The molecule has 0 bridgehead atoms. The van der Waals surface area contributed by atoms with Gasteiger partial charge in [-0.3, -0.25) is 9.88 Å². The lowest BCUT2D eigenvalue weighted by atomic mass is 10.1. The van der Waals surface area contributed by atoms with E-state index in [2.05, 4.69) is 27.1 Å². The van der Waals surface area contributed by atoms with Gasteiger partial charge < -0.3 is 15.3 Å². The number of anilines is 2. The molecule has 1 aromatic heterocycles. The predicted molar refractivity (Wildman–Crippen MR) is 111 cm³/mol. The fraction of sp³-hybridized carbons (Fsp3) is 0.286. The van der Waals surface area contributed by atoms with Crippen LogP contribution in [-0.4, -0.2) is 53.1 Å². The first kappa shape index (κ1) is 18.0. The average molecular weight is 383 g/mol. The van der Waals surface area contributed by atoms with E-state index < -0.39 is 0 Å². The van der Waals surface area contributed by atoms with Crippen molar-refractivity contribution < 1.29 is 5.11 Å². The maximum absolute atomic E-state index is 10.5. The van der Waals surface area contributed by atoms with E-state index in [-0.39, 0.29) is 0 Å². The number of hydrogen-bond donors (Lipinski definition) is 2. The van der Waals surface area contributed by atoms with Gasteiger partial charge in [-0.25, -0.2) is 0 Å². The highest BCUT2D eigenvalue weighted by Crippen LogP contribution is 2.32. The monoisotopic (exact) mass is 382 g/mol. The summed E-state index contributed by atoms with van der Waals surface area (Å²) < 4.78 is 0. The largest absolute Gasteiger partial charge is 0.508 e. The second-order valence-electron chi connectivity index (χ2n) is 7.03. The van der Waals surface area contributed by atoms with Gasteiger partial charge in [-0.15, -0.1) is 0 Å². The molecule has 1 fully saturated rings. The topological polar surface area (TPSA) is 51.6 Å². The van der Waals surface area contributed by atoms with Crippen LogP contribution in [0.2, 0.25) is 5.02 Å². The van der Waals surface area contributed by atoms with Gasteiger partial charge in [0.1, 0.15) is 5.75 Å². The Balaban J connectivity index is 1.64. The molecule has 27 heavy (non-hydrogen) atoms. The first-order valence-corrected chi connectivity index (χ1v) is 9.51. The number of piperazine rings is 1. The van der Waals surface area contributed by atoms with Crippen molar-refractivity contribution in [3.8, 4) is 5.75 Å². The Kier molecular flexibility index (Phi) is 5.16. The molecular formula is C21H23ClN4O. The van der Waals surface area contributed by atoms with Gasteiger partial charge in [0.2, 0.25) is 0 Å². The number of aromatic nitrogens is 1. The van der Waals surface area contributed by atoms with Crippen molar-refractivity contribution in [3.05, 3.63) is 59.2 Å². The van der Waals surface area contributed by atoms with Crippen LogP contribution in [-0.2, 0) is 6.54 Å². The first-order chi connectivity index (χ1) is 13.1. The number of nitrogens with one attached hydrogen (secondary N) is 1. The van der Waals surface area contributed by atoms with E-state index in [0.717, 1.165) is 60.6 Å². The molecule has 3 aromatic rings. The molecule has 0 amide bonds. The SMILES string of the molecule is CN1CCN(Cc2c(O)cccc2Nc2ccnc3cc(Cl)ccc23)CC1. The molecule has 4 rings (SSSR count). The Labute approximate surface area is 164 Å². The molecule has 6 heteroatoms. The summed E-state index contributed by atoms with van der Waals surface area (Å²) in [7, 11) is 2.14. The summed E-state index contributed by atoms with van der Waals surface area (Å²) in [5.74, 6) is 0.320. The number of likely N-dealkylation sites (N-methyl/N-ethyl adjacent to an activating group) is 1. The number of halogens is 1. The summed E-state index contributed by atoms with van der Waals surface area (Å²) in [5.41, 5.74) is 3.62. The van der Waals surface area contributed by atoms with E-state index >= 15 is 0 Å². The summed E-state index contributed by atoms with van der Waals surface area (Å²) in [5, 5.41) is 15.7. The van der Waals surface area contributed by atoms with Crippen LogP contribution < -0.4 is 5.32 Å². The molecule has 5 nitrogen and oxygen atoms in total. The number of benzene rings is 2. The number of rotatable bonds is 4. The lowest BCUT2D eigenvalue weighted by molar-refractivity contribution is 0.147. The predicted octanol–water partition coefficient (Wildman–Crippen LogP) is 4.08. The van der Waals surface area contributed by atoms with Gasteiger partial charge in [-0.1, -0.05) is 17.7 Å². The summed E-state index contributed by atoms with van der Waals surface area (Å²) in [4.78, 5) is 9.11. The zero-order chi connectivity index (χ0) is 18.8. The first-order valence-electron chi connectivity index (χ1n) is 9.13. The number of phenolic OH excluding ortho intramolecular Hbond substituents is 1. The summed E-state index contributed by atoms with van der Waals surface area (Å²) in [6.45, 7) is 4.82. The highest BCUT2D eigenvalue weighted by molar-refractivity contribution is 6.31. The van der Waals surface area contributed by atoms with Gasteiger partial charge in [0.15, 0.2) is 0 Å². The molecule has 140 valence electrons. The molecule has 0 unspecified atom stereocenters. The molecule has 1 saturated heterocycles. The molecule has 2 heterocycles. The molecule has 1 aliphatic heterocycles. The normalized spacial score (nSPS) is 15.9. The van der Waals surface area contributed by atoms with E-state index in [1.807, 2.05) is 36.4 Å². The number of pyridine rings is 1. The minimum absolute atomic E-state index is 0.320. The number of phenols is 1. The Morgan fingerprint density at radius 1 is 1.07 bits per heavy atom. The summed E-state index contributed by atoms with van der Waals surface area (Å²) in [6.07, 6.45) is 1.77. The summed E-state index contributed by atoms with van der Waals surface area (Å²) in [6, 6.07) is 13.3. The van der Waals surface area contributed by atoms with E-state index in [4.69, 9.17) is 11.6 Å². The highest BCUT2D eigenvalue weighted by Gasteiger charge is 2.18. The van der Waals surface area contributed by atoms with Crippen LogP contribution in [0.1, 0.15) is 5.56 Å². The maximum Gasteiger partial charge on any atom is 0.122 e. The fourth-order valence-electron chi connectivity index (χ4n) is 3.46. The van der Waals surface area contributed by atoms with Crippen LogP contribution in [0, 0.1) is 0 Å². The van der Waals surface area contributed by atoms with Gasteiger partial charge in [0.05, 0.1) is 5.52 Å². The Bertz CT molecular complexity index is 954. The Hall–Kier alpha value is -2.34. The zero-order valence-corrected chi connectivity index (χ0v) is 16.1. The Morgan fingerprint density at radius 2 is 1.89 bits per heavy atom. The van der Waals surface area contributed by atoms with Crippen LogP contribution in [0.25, 0.3) is 10.9 Å². The second-order valence-corrected chi connectivity index (χ2v) is 7.46. The summed E-state index contributed by atoms with van der Waals surface area (Å²) >= 11 is 6.09. The van der Waals surface area contributed by atoms with Gasteiger partial charge in [-0.05, 0) is 43.4 Å². The van der Waals surface area contributed by atoms with Crippen molar-refractivity contribution in [3.63, 3.8) is 0 Å². The van der Waals surface area contributed by atoms with Crippen LogP contribution >= 0.6 is 11.6 Å². The van der Waals surface area contributed by atoms with Crippen molar-refractivity contribution in [1.82, 2.24) is 14.8 Å². The number of aromatic hydroxyl groups is 1. The molecule has 2 N–H and O–H groups in total. The van der Waals surface area contributed by atoms with Crippen LogP contribution in [0.5, 0.6) is 5.75 Å². The highest BCUT2D eigenvalue weighted by atomic mass is 35.5. The van der Waals surface area contributed by atoms with Crippen LogP contribution in [0.4, 0.5) is 11.4 Å². The molecule has 0 saturated carbocycles. The van der Waals surface area contributed by atoms with E-state index in [9.17, 15) is 5.11 Å². The third kappa shape index (κ3) is 4.00. The molecule has 0 aliphatic carbocycles. The van der Waals surface area contributed by atoms with E-state index in [0.29, 0.717) is 10.8 Å². The molecule has 0 atom stereocenters. The van der Waals surface area contributed by atoms with Crippen molar-refractivity contribution in [2.45, 2.75) is 6.54 Å². The Morgan fingerprint density at radius 3 is 2.70 bits per heavy atom. The molecular weight excluding hydrogens is 360 g/mol. The third-order valence-corrected chi connectivity index (χ3v) is 5.34. The molecule has 0 spiro atoms. The van der Waals surface area contributed by atoms with Crippen molar-refractivity contribution in [2.24, 2.45) is 0 Å². The van der Waals surface area contributed by atoms with E-state index in [1.165, 1.54) is 0 Å². The standard InChI is InChI=1S/C21H23ClN4O/c1-25-9-11-26(12-10-25)14-17-18(3-2-4-21(17)27)24-19-7-8-23-20-13-15(22)5-6-16(19)20/h2-8,13,27H,9-12,14H2,1H3,(H,23,24). The molecule has 2 aromatic carbocycles. The minimum Gasteiger partial charge on any atom is -0.508 e. The molecule has 0 radical (unpaired) electrons. The zero-order valence-electron chi connectivity index (χ0n) is 15.3.